The Kier molecular flexibility index (Phi) is 5.41. The van der Waals surface area contributed by atoms with E-state index in [2.05, 4.69) is 10.1 Å². The van der Waals surface area contributed by atoms with Crippen molar-refractivity contribution in [2.45, 2.75) is 13.2 Å². The third kappa shape index (κ3) is 4.03. The number of nitrogens with two attached hydrogens (primary N) is 1. The van der Waals surface area contributed by atoms with Crippen LogP contribution in [0.3, 0.4) is 0 Å². The number of amides is 1. The molecule has 0 heterocycles. The molecule has 5 nitrogen and oxygen atoms in total. The van der Waals surface area contributed by atoms with Crippen LogP contribution >= 0.6 is 0 Å². The normalized spacial score (nSPS) is 10.5. The molecule has 2 aromatic carbocycles. The number of halogens is 3. The van der Waals surface area contributed by atoms with Gasteiger partial charge in [-0.3, -0.25) is 4.79 Å². The summed E-state index contributed by atoms with van der Waals surface area (Å²) >= 11 is 0. The average molecular weight is 337 g/mol. The summed E-state index contributed by atoms with van der Waals surface area (Å²) in [6, 6.07) is 7.94. The summed E-state index contributed by atoms with van der Waals surface area (Å²) in [5.74, 6) is -2.30. The first-order chi connectivity index (χ1) is 11.4. The molecule has 126 valence electrons. The zero-order valence-corrected chi connectivity index (χ0v) is 12.4. The number of carbonyl (C=O) groups is 1. The van der Waals surface area contributed by atoms with Crippen LogP contribution in [0.15, 0.2) is 36.4 Å². The fourth-order valence-electron chi connectivity index (χ4n) is 2.07. The fourth-order valence-corrected chi connectivity index (χ4v) is 2.07. The molecule has 0 aliphatic rings. The lowest BCUT2D eigenvalue weighted by Crippen LogP contribution is -2.23. The van der Waals surface area contributed by atoms with Gasteiger partial charge in [0.15, 0.2) is 11.6 Å². The number of rotatable bonds is 6. The first-order valence-corrected chi connectivity index (χ1v) is 6.82. The summed E-state index contributed by atoms with van der Waals surface area (Å²) in [6.45, 7) is -3.08. The second kappa shape index (κ2) is 7.49. The van der Waals surface area contributed by atoms with Crippen molar-refractivity contribution in [3.8, 4) is 5.75 Å². The van der Waals surface area contributed by atoms with E-state index in [0.29, 0.717) is 16.8 Å². The fraction of sp³-hybridized carbons (Fsp3) is 0.125. The van der Waals surface area contributed by atoms with Crippen molar-refractivity contribution in [1.29, 1.82) is 5.41 Å². The van der Waals surface area contributed by atoms with Crippen molar-refractivity contribution in [3.05, 3.63) is 58.9 Å². The molecule has 8 heteroatoms. The Morgan fingerprint density at radius 2 is 2.08 bits per heavy atom. The summed E-state index contributed by atoms with van der Waals surface area (Å²) in [6.07, 6.45) is 1.08. The van der Waals surface area contributed by atoms with E-state index in [9.17, 15) is 18.0 Å². The summed E-state index contributed by atoms with van der Waals surface area (Å²) in [5.41, 5.74) is 7.19. The lowest BCUT2D eigenvalue weighted by molar-refractivity contribution is -0.0521. The van der Waals surface area contributed by atoms with E-state index in [-0.39, 0.29) is 12.1 Å². The van der Waals surface area contributed by atoms with Crippen LogP contribution in [0.5, 0.6) is 5.75 Å². The third-order valence-electron chi connectivity index (χ3n) is 3.22. The predicted molar refractivity (Wildman–Crippen MR) is 82.9 cm³/mol. The molecule has 2 aromatic rings. The number of carbonyl (C=O) groups excluding carboxylic acids is 1. The maximum atomic E-state index is 13.6. The van der Waals surface area contributed by atoms with E-state index in [4.69, 9.17) is 11.1 Å². The van der Waals surface area contributed by atoms with Gasteiger partial charge in [0, 0.05) is 29.6 Å². The Bertz CT molecular complexity index is 766. The molecule has 0 bridgehead atoms. The topological polar surface area (TPSA) is 88.2 Å². The maximum Gasteiger partial charge on any atom is 0.387 e. The molecule has 0 radical (unpaired) electrons. The highest BCUT2D eigenvalue weighted by Gasteiger charge is 2.14. The number of anilines is 1. The van der Waals surface area contributed by atoms with Gasteiger partial charge in [-0.1, -0.05) is 12.1 Å². The quantitative estimate of drug-likeness (QED) is 0.559. The molecular weight excluding hydrogens is 323 g/mol. The second-order valence-electron chi connectivity index (χ2n) is 4.77. The maximum absolute atomic E-state index is 13.6. The molecule has 2 rings (SSSR count). The first kappa shape index (κ1) is 17.3. The Hall–Kier alpha value is -3.03. The Morgan fingerprint density at radius 3 is 2.71 bits per heavy atom. The summed E-state index contributed by atoms with van der Waals surface area (Å²) < 4.78 is 41.7. The predicted octanol–water partition coefficient (Wildman–Crippen LogP) is 2.94. The Morgan fingerprint density at radius 1 is 1.33 bits per heavy atom. The van der Waals surface area contributed by atoms with Crippen LogP contribution in [0.1, 0.15) is 21.5 Å². The molecule has 24 heavy (non-hydrogen) atoms. The summed E-state index contributed by atoms with van der Waals surface area (Å²) in [4.78, 5) is 12.0. The van der Waals surface area contributed by atoms with Crippen LogP contribution in [0.4, 0.5) is 18.9 Å². The van der Waals surface area contributed by atoms with Crippen LogP contribution in [0.25, 0.3) is 0 Å². The lowest BCUT2D eigenvalue weighted by atomic mass is 10.1. The van der Waals surface area contributed by atoms with Gasteiger partial charge in [0.25, 0.3) is 5.91 Å². The van der Waals surface area contributed by atoms with E-state index < -0.39 is 24.1 Å². The zero-order valence-electron chi connectivity index (χ0n) is 12.4. The van der Waals surface area contributed by atoms with Crippen LogP contribution < -0.4 is 15.8 Å². The van der Waals surface area contributed by atoms with Gasteiger partial charge >= 0.3 is 6.61 Å². The molecule has 1 amide bonds. The van der Waals surface area contributed by atoms with Crippen LogP contribution in [-0.2, 0) is 6.54 Å². The molecule has 0 saturated carbocycles. The second-order valence-corrected chi connectivity index (χ2v) is 4.77. The van der Waals surface area contributed by atoms with Gasteiger partial charge in [-0.15, -0.1) is 0 Å². The monoisotopic (exact) mass is 337 g/mol. The van der Waals surface area contributed by atoms with Crippen LogP contribution in [0.2, 0.25) is 0 Å². The highest BCUT2D eigenvalue weighted by atomic mass is 19.3. The van der Waals surface area contributed by atoms with Crippen LogP contribution in [-0.4, -0.2) is 18.7 Å². The standard InChI is InChI=1S/C16H14F3N3O2/c17-12-6-9(4-5-14(12)24-16(18)19)15(23)22-8-10-2-1-3-13(21)11(10)7-20/h1-7,16,20H,8,21H2,(H,22,23). The molecule has 0 atom stereocenters. The van der Waals surface area contributed by atoms with Crippen LogP contribution in [0, 0.1) is 11.2 Å². The van der Waals surface area contributed by atoms with Crippen molar-refractivity contribution in [2.75, 3.05) is 5.73 Å². The minimum Gasteiger partial charge on any atom is -0.432 e. The summed E-state index contributed by atoms with van der Waals surface area (Å²) in [5, 5.41) is 9.89. The molecular formula is C16H14F3N3O2. The number of benzene rings is 2. The van der Waals surface area contributed by atoms with Gasteiger partial charge in [0.1, 0.15) is 0 Å². The van der Waals surface area contributed by atoms with Gasteiger partial charge in [0.05, 0.1) is 0 Å². The average Bonchev–Trinajstić information content (AvgIpc) is 2.54. The SMILES string of the molecule is N=Cc1c(N)cccc1CNC(=O)c1ccc(OC(F)F)c(F)c1. The smallest absolute Gasteiger partial charge is 0.387 e. The van der Waals surface area contributed by atoms with Crippen molar-refractivity contribution >= 4 is 17.8 Å². The van der Waals surface area contributed by atoms with Gasteiger partial charge in [-0.2, -0.15) is 8.78 Å². The summed E-state index contributed by atoms with van der Waals surface area (Å²) in [7, 11) is 0. The number of hydrogen-bond acceptors (Lipinski definition) is 4. The number of nitrogens with one attached hydrogen (secondary N) is 2. The minimum atomic E-state index is -3.15. The van der Waals surface area contributed by atoms with E-state index in [1.807, 2.05) is 0 Å². The van der Waals surface area contributed by atoms with Crippen molar-refractivity contribution in [3.63, 3.8) is 0 Å². The first-order valence-electron chi connectivity index (χ1n) is 6.82. The highest BCUT2D eigenvalue weighted by Crippen LogP contribution is 2.20. The van der Waals surface area contributed by atoms with E-state index >= 15 is 0 Å². The number of hydrogen-bond donors (Lipinski definition) is 3. The molecule has 0 aliphatic carbocycles. The van der Waals surface area contributed by atoms with Gasteiger partial charge in [-0.05, 0) is 29.8 Å². The molecule has 0 saturated heterocycles. The van der Waals surface area contributed by atoms with Crippen molar-refractivity contribution in [2.24, 2.45) is 0 Å². The van der Waals surface area contributed by atoms with Gasteiger partial charge < -0.3 is 21.2 Å². The third-order valence-corrected chi connectivity index (χ3v) is 3.22. The molecule has 0 unspecified atom stereocenters. The van der Waals surface area contributed by atoms with E-state index in [0.717, 1.165) is 18.3 Å². The van der Waals surface area contributed by atoms with Crippen molar-refractivity contribution < 1.29 is 22.7 Å². The zero-order chi connectivity index (χ0) is 17.7. The molecule has 0 aromatic heterocycles. The van der Waals surface area contributed by atoms with Gasteiger partial charge in [-0.25, -0.2) is 4.39 Å². The molecule has 0 spiro atoms. The Balaban J connectivity index is 2.09. The number of nitrogen functional groups attached to an aromatic ring is 1. The molecule has 0 aliphatic heterocycles. The number of ether oxygens (including phenoxy) is 1. The van der Waals surface area contributed by atoms with E-state index in [1.54, 1.807) is 18.2 Å². The van der Waals surface area contributed by atoms with E-state index in [1.165, 1.54) is 6.07 Å². The Labute approximate surface area is 135 Å². The minimum absolute atomic E-state index is 0.0468. The number of alkyl halides is 2. The largest absolute Gasteiger partial charge is 0.432 e. The lowest BCUT2D eigenvalue weighted by Gasteiger charge is -2.11. The van der Waals surface area contributed by atoms with Gasteiger partial charge in [0.2, 0.25) is 0 Å². The van der Waals surface area contributed by atoms with Crippen molar-refractivity contribution in [1.82, 2.24) is 5.32 Å². The highest BCUT2D eigenvalue weighted by molar-refractivity contribution is 5.94. The molecule has 0 fully saturated rings. The molecule has 4 N–H and O–H groups in total.